The molecule has 6 nitrogen and oxygen atoms in total. The predicted octanol–water partition coefficient (Wildman–Crippen LogP) is 5.59. The largest absolute Gasteiger partial charge is 0.381 e. The molecule has 8 heteroatoms. The third-order valence-corrected chi connectivity index (χ3v) is 7.12. The molecule has 2 atom stereocenters. The zero-order valence-corrected chi connectivity index (χ0v) is 21.4. The Morgan fingerprint density at radius 1 is 1.30 bits per heavy atom. The van der Waals surface area contributed by atoms with Crippen molar-refractivity contribution in [2.24, 2.45) is 0 Å². The predicted molar refractivity (Wildman–Crippen MR) is 133 cm³/mol. The monoisotopic (exact) mass is 476 g/mol. The minimum absolute atomic E-state index is 0.0962. The minimum Gasteiger partial charge on any atom is -0.381 e. The molecule has 0 saturated heterocycles. The van der Waals surface area contributed by atoms with Crippen LogP contribution >= 0.6 is 11.8 Å². The number of methoxy groups -OCH3 is 1. The Bertz CT molecular complexity index is 955. The van der Waals surface area contributed by atoms with Gasteiger partial charge < -0.3 is 15.4 Å². The van der Waals surface area contributed by atoms with Crippen LogP contribution in [-0.4, -0.2) is 41.2 Å². The van der Waals surface area contributed by atoms with Crippen LogP contribution in [0, 0.1) is 5.82 Å². The number of ether oxygens (including phenoxy) is 1. The molecule has 2 N–H and O–H groups in total. The lowest BCUT2D eigenvalue weighted by molar-refractivity contribution is -0.109. The molecule has 2 aliphatic rings. The molecule has 2 heterocycles. The summed E-state index contributed by atoms with van der Waals surface area (Å²) in [5.74, 6) is 2.13. The van der Waals surface area contributed by atoms with E-state index in [4.69, 9.17) is 9.84 Å². The number of aromatic nitrogens is 2. The fourth-order valence-electron chi connectivity index (χ4n) is 4.36. The number of carbonyl (C=O) groups is 1. The van der Waals surface area contributed by atoms with Crippen molar-refractivity contribution >= 4 is 29.7 Å². The summed E-state index contributed by atoms with van der Waals surface area (Å²) in [7, 11) is 1.80. The second-order valence-electron chi connectivity index (χ2n) is 9.97. The van der Waals surface area contributed by atoms with Crippen LogP contribution in [0.15, 0.2) is 23.1 Å². The third-order valence-electron chi connectivity index (χ3n) is 5.98. The molecule has 182 valence electrons. The van der Waals surface area contributed by atoms with Gasteiger partial charge in [0.15, 0.2) is 5.82 Å². The fourth-order valence-corrected chi connectivity index (χ4v) is 5.46. The van der Waals surface area contributed by atoms with E-state index in [0.29, 0.717) is 18.4 Å². The first-order valence-corrected chi connectivity index (χ1v) is 12.7. The highest BCUT2D eigenvalue weighted by atomic mass is 32.2. The van der Waals surface area contributed by atoms with Gasteiger partial charge in [0, 0.05) is 47.2 Å². The van der Waals surface area contributed by atoms with Crippen LogP contribution in [-0.2, 0) is 21.5 Å². The average molecular weight is 477 g/mol. The Kier molecular flexibility index (Phi) is 8.45. The number of nitrogens with zero attached hydrogens (tertiary/aromatic N) is 2. The van der Waals surface area contributed by atoms with E-state index in [9.17, 15) is 9.18 Å². The molecule has 4 rings (SSSR count). The lowest BCUT2D eigenvalue weighted by atomic mass is 10.0. The molecule has 1 fully saturated rings. The second-order valence-corrected chi connectivity index (χ2v) is 11.1. The van der Waals surface area contributed by atoms with Crippen LogP contribution in [0.25, 0.3) is 0 Å². The van der Waals surface area contributed by atoms with Crippen LogP contribution < -0.4 is 10.6 Å². The Labute approximate surface area is 201 Å². The van der Waals surface area contributed by atoms with Crippen LogP contribution in [0.5, 0.6) is 0 Å². The highest BCUT2D eigenvalue weighted by molar-refractivity contribution is 7.99. The summed E-state index contributed by atoms with van der Waals surface area (Å²) in [5.41, 5.74) is 3.22. The van der Waals surface area contributed by atoms with Gasteiger partial charge in [-0.25, -0.2) is 4.39 Å². The summed E-state index contributed by atoms with van der Waals surface area (Å²) in [6.45, 7) is 10.4. The zero-order chi connectivity index (χ0) is 24.2. The maximum Gasteiger partial charge on any atom is 0.207 e. The summed E-state index contributed by atoms with van der Waals surface area (Å²) in [6, 6.07) is 5.85. The molecule has 2 unspecified atom stereocenters. The quantitative estimate of drug-likeness (QED) is 0.532. The topological polar surface area (TPSA) is 68.2 Å². The van der Waals surface area contributed by atoms with Gasteiger partial charge >= 0.3 is 0 Å². The average Bonchev–Trinajstić information content (AvgIpc) is 3.49. The molecule has 33 heavy (non-hydrogen) atoms. The first kappa shape index (κ1) is 25.6. The summed E-state index contributed by atoms with van der Waals surface area (Å²) in [4.78, 5) is 10.3. The fraction of sp³-hybridized carbons (Fsp3) is 0.600. The minimum atomic E-state index is -0.115. The van der Waals surface area contributed by atoms with Crippen molar-refractivity contribution in [1.82, 2.24) is 15.1 Å². The number of carbonyl (C=O) groups excluding carboxylic acids is 1. The number of anilines is 2. The third kappa shape index (κ3) is 6.29. The SMILES string of the molecule is CC(C)NC=O.COC1CCC(c2cc(Nc3ccc(F)c4c3CCS4)nn2C(C)(C)C)C1. The number of nitrogens with one attached hydrogen (secondary N) is 2. The van der Waals surface area contributed by atoms with E-state index < -0.39 is 0 Å². The van der Waals surface area contributed by atoms with Crippen molar-refractivity contribution in [2.75, 3.05) is 18.2 Å². The number of fused-ring (bicyclic) bond motifs is 1. The Balaban J connectivity index is 0.000000454. The molecular weight excluding hydrogens is 439 g/mol. The van der Waals surface area contributed by atoms with Crippen LogP contribution in [0.1, 0.15) is 71.1 Å². The molecule has 1 aromatic carbocycles. The Morgan fingerprint density at radius 3 is 2.64 bits per heavy atom. The van der Waals surface area contributed by atoms with Crippen LogP contribution in [0.3, 0.4) is 0 Å². The molecule has 0 spiro atoms. The maximum atomic E-state index is 14.0. The molecule has 1 saturated carbocycles. The maximum absolute atomic E-state index is 14.0. The normalized spacial score (nSPS) is 19.8. The number of rotatable bonds is 6. The van der Waals surface area contributed by atoms with Gasteiger partial charge in [0.05, 0.1) is 11.6 Å². The lowest BCUT2D eigenvalue weighted by Crippen LogP contribution is -2.26. The van der Waals surface area contributed by atoms with Gasteiger partial charge in [0.1, 0.15) is 5.82 Å². The number of thioether (sulfide) groups is 1. The lowest BCUT2D eigenvalue weighted by Gasteiger charge is -2.24. The standard InChI is InChI=1S/C21H28FN3OS.C4H9NO/c1-21(2,3)25-18(13-5-6-14(11-13)26-4)12-19(24-25)23-17-8-7-16(22)20-15(17)9-10-27-20;1-4(2)5-3-6/h7-8,12-14H,5-6,9-11H2,1-4H3,(H,23,24);3-4H,1-2H3,(H,5,6). The molecule has 2 aromatic rings. The van der Waals surface area contributed by atoms with Gasteiger partial charge in [-0.2, -0.15) is 5.10 Å². The van der Waals surface area contributed by atoms with Gasteiger partial charge in [-0.3, -0.25) is 9.48 Å². The van der Waals surface area contributed by atoms with Crippen molar-refractivity contribution in [2.45, 2.75) is 88.8 Å². The van der Waals surface area contributed by atoms with E-state index in [-0.39, 0.29) is 17.4 Å². The van der Waals surface area contributed by atoms with Gasteiger partial charge in [-0.15, -0.1) is 11.8 Å². The molecule has 1 aromatic heterocycles. The summed E-state index contributed by atoms with van der Waals surface area (Å²) in [5, 5.41) is 10.9. The van der Waals surface area contributed by atoms with E-state index in [1.807, 2.05) is 19.9 Å². The summed E-state index contributed by atoms with van der Waals surface area (Å²) in [6.07, 6.45) is 5.20. The number of hydrogen-bond acceptors (Lipinski definition) is 5. The molecule has 1 aliphatic heterocycles. The van der Waals surface area contributed by atoms with E-state index in [0.717, 1.165) is 53.4 Å². The Hall–Kier alpha value is -2.06. The van der Waals surface area contributed by atoms with Gasteiger partial charge in [0.2, 0.25) is 6.41 Å². The zero-order valence-electron chi connectivity index (χ0n) is 20.6. The molecule has 0 radical (unpaired) electrons. The highest BCUT2D eigenvalue weighted by Gasteiger charge is 2.31. The summed E-state index contributed by atoms with van der Waals surface area (Å²) < 4.78 is 21.7. The molecule has 1 aliphatic carbocycles. The van der Waals surface area contributed by atoms with E-state index >= 15 is 0 Å². The van der Waals surface area contributed by atoms with E-state index in [2.05, 4.69) is 42.2 Å². The van der Waals surface area contributed by atoms with Crippen molar-refractivity contribution in [3.05, 3.63) is 35.3 Å². The first-order valence-electron chi connectivity index (χ1n) is 11.7. The van der Waals surface area contributed by atoms with Crippen molar-refractivity contribution in [1.29, 1.82) is 0 Å². The smallest absolute Gasteiger partial charge is 0.207 e. The van der Waals surface area contributed by atoms with Crippen molar-refractivity contribution in [3.8, 4) is 0 Å². The van der Waals surface area contributed by atoms with Crippen LogP contribution in [0.4, 0.5) is 15.9 Å². The van der Waals surface area contributed by atoms with Gasteiger partial charge in [-0.05, 0) is 78.0 Å². The molecule has 1 amide bonds. The summed E-state index contributed by atoms with van der Waals surface area (Å²) >= 11 is 1.60. The Morgan fingerprint density at radius 2 is 2.06 bits per heavy atom. The van der Waals surface area contributed by atoms with E-state index in [1.165, 1.54) is 5.69 Å². The van der Waals surface area contributed by atoms with Crippen LogP contribution in [0.2, 0.25) is 0 Å². The van der Waals surface area contributed by atoms with E-state index in [1.54, 1.807) is 24.9 Å². The first-order chi connectivity index (χ1) is 15.6. The number of amides is 1. The number of hydrogen-bond donors (Lipinski definition) is 2. The molecule has 0 bridgehead atoms. The van der Waals surface area contributed by atoms with Crippen molar-refractivity contribution in [3.63, 3.8) is 0 Å². The highest BCUT2D eigenvalue weighted by Crippen LogP contribution is 2.41. The van der Waals surface area contributed by atoms with Gasteiger partial charge in [0.25, 0.3) is 0 Å². The van der Waals surface area contributed by atoms with Crippen molar-refractivity contribution < 1.29 is 13.9 Å². The van der Waals surface area contributed by atoms with Gasteiger partial charge in [-0.1, -0.05) is 0 Å². The number of benzene rings is 1. The number of halogens is 1. The molecular formula is C25H37FN4O2S. The second kappa shape index (κ2) is 10.9.